The summed E-state index contributed by atoms with van der Waals surface area (Å²) in [4.78, 5) is 12.5. The lowest BCUT2D eigenvalue weighted by Crippen LogP contribution is -2.42. The fourth-order valence-corrected chi connectivity index (χ4v) is 4.82. The van der Waals surface area contributed by atoms with E-state index in [2.05, 4.69) is 13.8 Å². The fourth-order valence-electron chi connectivity index (χ4n) is 4.82. The van der Waals surface area contributed by atoms with E-state index in [1.165, 1.54) is 23.6 Å². The van der Waals surface area contributed by atoms with Crippen LogP contribution in [0.25, 0.3) is 6.08 Å². The minimum atomic E-state index is -0.913. The second-order valence-electron chi connectivity index (χ2n) is 9.03. The molecule has 4 atom stereocenters. The molecule has 0 heterocycles. The van der Waals surface area contributed by atoms with Gasteiger partial charge in [-0.05, 0) is 75.6 Å². The number of rotatable bonds is 4. The van der Waals surface area contributed by atoms with Crippen LogP contribution in [0.3, 0.4) is 0 Å². The first-order valence-electron chi connectivity index (χ1n) is 10.2. The maximum Gasteiger partial charge on any atom is 0.331 e. The number of allylic oxidation sites excluding steroid dienone is 1. The molecule has 28 heavy (non-hydrogen) atoms. The van der Waals surface area contributed by atoms with Gasteiger partial charge < -0.3 is 14.9 Å². The first-order chi connectivity index (χ1) is 13.1. The number of aromatic hydroxyl groups is 1. The number of carbonyl (C=O) groups is 1. The molecule has 1 aromatic rings. The highest BCUT2D eigenvalue weighted by molar-refractivity contribution is 5.87. The Labute approximate surface area is 167 Å². The van der Waals surface area contributed by atoms with Gasteiger partial charge in [0.1, 0.15) is 11.9 Å². The molecule has 1 saturated carbocycles. The first kappa shape index (κ1) is 20.7. The van der Waals surface area contributed by atoms with Crippen molar-refractivity contribution in [2.24, 2.45) is 17.8 Å². The van der Waals surface area contributed by atoms with Crippen LogP contribution in [0.2, 0.25) is 0 Å². The number of aliphatic hydroxyl groups is 1. The molecule has 1 aromatic carbocycles. The zero-order valence-corrected chi connectivity index (χ0v) is 17.3. The zero-order valence-electron chi connectivity index (χ0n) is 17.3. The van der Waals surface area contributed by atoms with E-state index in [0.29, 0.717) is 18.3 Å². The lowest BCUT2D eigenvalue weighted by Gasteiger charge is -2.36. The van der Waals surface area contributed by atoms with Crippen molar-refractivity contribution in [3.63, 3.8) is 0 Å². The van der Waals surface area contributed by atoms with Gasteiger partial charge in [0, 0.05) is 18.4 Å². The van der Waals surface area contributed by atoms with Crippen molar-refractivity contribution >= 4 is 12.0 Å². The Morgan fingerprint density at radius 2 is 1.93 bits per heavy atom. The Balaban J connectivity index is 1.77. The van der Waals surface area contributed by atoms with Crippen molar-refractivity contribution < 1.29 is 19.7 Å². The Morgan fingerprint density at radius 1 is 1.25 bits per heavy atom. The monoisotopic (exact) mass is 384 g/mol. The van der Waals surface area contributed by atoms with Gasteiger partial charge in [0.15, 0.2) is 0 Å². The van der Waals surface area contributed by atoms with Gasteiger partial charge in [-0.15, -0.1) is 0 Å². The van der Waals surface area contributed by atoms with E-state index in [-0.39, 0.29) is 17.8 Å². The third-order valence-electron chi connectivity index (χ3n) is 6.50. The van der Waals surface area contributed by atoms with Crippen LogP contribution in [0, 0.1) is 17.8 Å². The van der Waals surface area contributed by atoms with Crippen LogP contribution in [0.4, 0.5) is 0 Å². The van der Waals surface area contributed by atoms with Gasteiger partial charge >= 0.3 is 5.97 Å². The summed E-state index contributed by atoms with van der Waals surface area (Å²) in [7, 11) is 0. The standard InChI is InChI=1S/C24H32O4/c1-15-5-11-19-16(2)13-22(21(14-20(15)19)24(3,4)27)28-23(26)12-8-17-6-9-18(25)10-7-17/h6-10,12,15,20-22,25,27H,5,11,13-14H2,1-4H3. The predicted octanol–water partition coefficient (Wildman–Crippen LogP) is 4.86. The minimum absolute atomic E-state index is 0.100. The van der Waals surface area contributed by atoms with E-state index >= 15 is 0 Å². The van der Waals surface area contributed by atoms with E-state index < -0.39 is 11.6 Å². The molecule has 2 N–H and O–H groups in total. The quantitative estimate of drug-likeness (QED) is 0.442. The minimum Gasteiger partial charge on any atom is -0.508 e. The SMILES string of the molecule is CC1=C2CCC(C)C2CC(C(C)(C)O)C(OC(=O)C=Cc2ccc(O)cc2)C1. The second-order valence-corrected chi connectivity index (χ2v) is 9.03. The van der Waals surface area contributed by atoms with Crippen molar-refractivity contribution in [2.45, 2.75) is 65.1 Å². The summed E-state index contributed by atoms with van der Waals surface area (Å²) in [5.41, 5.74) is 2.74. The van der Waals surface area contributed by atoms with Crippen LogP contribution in [0.15, 0.2) is 41.5 Å². The van der Waals surface area contributed by atoms with E-state index in [1.807, 2.05) is 13.8 Å². The van der Waals surface area contributed by atoms with E-state index in [9.17, 15) is 15.0 Å². The number of hydrogen-bond donors (Lipinski definition) is 2. The first-order valence-corrected chi connectivity index (χ1v) is 10.2. The lowest BCUT2D eigenvalue weighted by molar-refractivity contribution is -0.151. The topological polar surface area (TPSA) is 66.8 Å². The molecular weight excluding hydrogens is 352 g/mol. The molecule has 4 nitrogen and oxygen atoms in total. The van der Waals surface area contributed by atoms with Gasteiger partial charge in [-0.3, -0.25) is 0 Å². The van der Waals surface area contributed by atoms with Gasteiger partial charge in [-0.1, -0.05) is 30.2 Å². The van der Waals surface area contributed by atoms with Crippen LogP contribution in [0.1, 0.15) is 58.9 Å². The summed E-state index contributed by atoms with van der Waals surface area (Å²) in [5, 5.41) is 20.2. The van der Waals surface area contributed by atoms with Crippen molar-refractivity contribution in [3.8, 4) is 5.75 Å². The highest BCUT2D eigenvalue weighted by Crippen LogP contribution is 2.48. The number of ether oxygens (including phenoxy) is 1. The molecule has 3 rings (SSSR count). The lowest BCUT2D eigenvalue weighted by atomic mass is 9.77. The van der Waals surface area contributed by atoms with Crippen molar-refractivity contribution in [2.75, 3.05) is 0 Å². The highest BCUT2D eigenvalue weighted by Gasteiger charge is 2.43. The molecule has 4 heteroatoms. The van der Waals surface area contributed by atoms with Crippen molar-refractivity contribution in [1.29, 1.82) is 0 Å². The molecule has 0 aliphatic heterocycles. The Kier molecular flexibility index (Phi) is 5.99. The summed E-state index contributed by atoms with van der Waals surface area (Å²) >= 11 is 0. The number of benzene rings is 1. The molecule has 0 saturated heterocycles. The summed E-state index contributed by atoms with van der Waals surface area (Å²) in [6.45, 7) is 8.09. The van der Waals surface area contributed by atoms with Crippen LogP contribution >= 0.6 is 0 Å². The second kappa shape index (κ2) is 8.12. The maximum atomic E-state index is 12.5. The average Bonchev–Trinajstić information content (AvgIpc) is 2.91. The van der Waals surface area contributed by atoms with Gasteiger partial charge in [-0.2, -0.15) is 0 Å². The molecule has 2 aliphatic carbocycles. The Bertz CT molecular complexity index is 767. The molecule has 0 spiro atoms. The maximum absolute atomic E-state index is 12.5. The predicted molar refractivity (Wildman–Crippen MR) is 111 cm³/mol. The van der Waals surface area contributed by atoms with Crippen LogP contribution in [-0.2, 0) is 9.53 Å². The molecule has 1 fully saturated rings. The molecule has 0 amide bonds. The Morgan fingerprint density at radius 3 is 2.57 bits per heavy atom. The van der Waals surface area contributed by atoms with E-state index in [4.69, 9.17) is 4.74 Å². The van der Waals surface area contributed by atoms with Gasteiger partial charge in [0.2, 0.25) is 0 Å². The number of hydrogen-bond acceptors (Lipinski definition) is 4. The molecule has 0 radical (unpaired) electrons. The van der Waals surface area contributed by atoms with Crippen molar-refractivity contribution in [3.05, 3.63) is 47.1 Å². The highest BCUT2D eigenvalue weighted by atomic mass is 16.5. The third kappa shape index (κ3) is 4.67. The fraction of sp³-hybridized carbons (Fsp3) is 0.542. The van der Waals surface area contributed by atoms with Gasteiger partial charge in [0.25, 0.3) is 0 Å². The van der Waals surface area contributed by atoms with E-state index in [0.717, 1.165) is 18.4 Å². The molecule has 0 bridgehead atoms. The number of phenolic OH excluding ortho intramolecular Hbond substituents is 1. The molecule has 152 valence electrons. The largest absolute Gasteiger partial charge is 0.508 e. The normalized spacial score (nSPS) is 28.3. The van der Waals surface area contributed by atoms with Crippen LogP contribution in [0.5, 0.6) is 5.75 Å². The molecule has 4 unspecified atom stereocenters. The summed E-state index contributed by atoms with van der Waals surface area (Å²) in [6, 6.07) is 6.63. The number of phenols is 1. The summed E-state index contributed by atoms with van der Waals surface area (Å²) in [5.74, 6) is 0.780. The van der Waals surface area contributed by atoms with Crippen molar-refractivity contribution in [1.82, 2.24) is 0 Å². The number of esters is 1. The smallest absolute Gasteiger partial charge is 0.331 e. The van der Waals surface area contributed by atoms with Crippen LogP contribution < -0.4 is 0 Å². The Hall–Kier alpha value is -2.07. The van der Waals surface area contributed by atoms with Gasteiger partial charge in [0.05, 0.1) is 5.60 Å². The molecule has 2 aliphatic rings. The average molecular weight is 385 g/mol. The summed E-state index contributed by atoms with van der Waals surface area (Å²) < 4.78 is 5.86. The van der Waals surface area contributed by atoms with Crippen LogP contribution in [-0.4, -0.2) is 27.9 Å². The third-order valence-corrected chi connectivity index (χ3v) is 6.50. The van der Waals surface area contributed by atoms with E-state index in [1.54, 1.807) is 30.3 Å². The molecule has 0 aromatic heterocycles. The molecular formula is C24H32O4. The van der Waals surface area contributed by atoms with Gasteiger partial charge in [-0.25, -0.2) is 4.79 Å². The number of fused-ring (bicyclic) bond motifs is 1. The summed E-state index contributed by atoms with van der Waals surface area (Å²) in [6.07, 6.45) is 6.64. The zero-order chi connectivity index (χ0) is 20.5. The number of carbonyl (C=O) groups excluding carboxylic acids is 1.